The maximum Gasteiger partial charge on any atom is 0.310 e. The lowest BCUT2D eigenvalue weighted by atomic mass is 9.79. The zero-order chi connectivity index (χ0) is 11.9. The lowest BCUT2D eigenvalue weighted by Crippen LogP contribution is -2.36. The lowest BCUT2D eigenvalue weighted by molar-refractivity contribution is -0.163. The number of carboxylic acids is 1. The van der Waals surface area contributed by atoms with Crippen LogP contribution >= 0.6 is 0 Å². The van der Waals surface area contributed by atoms with Crippen molar-refractivity contribution in [3.05, 3.63) is 0 Å². The first-order valence-electron chi connectivity index (χ1n) is 5.94. The third-order valence-electron chi connectivity index (χ3n) is 3.83. The van der Waals surface area contributed by atoms with Gasteiger partial charge in [-0.25, -0.2) is 0 Å². The Bertz CT molecular complexity index is 310. The van der Waals surface area contributed by atoms with Gasteiger partial charge in [0.2, 0.25) is 0 Å². The average molecular weight is 226 g/mol. The van der Waals surface area contributed by atoms with Gasteiger partial charge >= 0.3 is 11.9 Å². The van der Waals surface area contributed by atoms with Crippen molar-refractivity contribution in [1.82, 2.24) is 0 Å². The van der Waals surface area contributed by atoms with Crippen LogP contribution < -0.4 is 0 Å². The molecule has 0 amide bonds. The molecule has 2 bridgehead atoms. The van der Waals surface area contributed by atoms with E-state index in [9.17, 15) is 14.7 Å². The summed E-state index contributed by atoms with van der Waals surface area (Å²) in [6, 6.07) is 0. The first-order chi connectivity index (χ1) is 7.50. The Labute approximate surface area is 95.0 Å². The first kappa shape index (κ1) is 11.4. The van der Waals surface area contributed by atoms with Crippen molar-refractivity contribution in [2.45, 2.75) is 39.2 Å². The molecular formula is C12H18O4. The third-order valence-corrected chi connectivity index (χ3v) is 3.83. The molecule has 4 atom stereocenters. The summed E-state index contributed by atoms with van der Waals surface area (Å²) in [5, 5.41) is 9.18. The van der Waals surface area contributed by atoms with Gasteiger partial charge in [0.1, 0.15) is 0 Å². The highest BCUT2D eigenvalue weighted by atomic mass is 16.5. The van der Waals surface area contributed by atoms with Crippen LogP contribution in [0.5, 0.6) is 0 Å². The van der Waals surface area contributed by atoms with Crippen molar-refractivity contribution < 1.29 is 19.4 Å². The van der Waals surface area contributed by atoms with Crippen LogP contribution in [0.15, 0.2) is 0 Å². The summed E-state index contributed by atoms with van der Waals surface area (Å²) in [4.78, 5) is 23.1. The highest BCUT2D eigenvalue weighted by molar-refractivity contribution is 5.82. The first-order valence-corrected chi connectivity index (χ1v) is 5.94. The van der Waals surface area contributed by atoms with Gasteiger partial charge in [0, 0.05) is 0 Å². The van der Waals surface area contributed by atoms with Gasteiger partial charge in [0.15, 0.2) is 0 Å². The van der Waals surface area contributed by atoms with Crippen LogP contribution in [0.3, 0.4) is 0 Å². The Hall–Kier alpha value is -1.06. The molecule has 2 aliphatic carbocycles. The normalized spacial score (nSPS) is 36.7. The quantitative estimate of drug-likeness (QED) is 0.744. The number of carbonyl (C=O) groups excluding carboxylic acids is 1. The second-order valence-corrected chi connectivity index (χ2v) is 5.21. The van der Waals surface area contributed by atoms with Crippen LogP contribution in [0.1, 0.15) is 33.1 Å². The van der Waals surface area contributed by atoms with Gasteiger partial charge < -0.3 is 9.84 Å². The number of hydrogen-bond donors (Lipinski definition) is 1. The molecule has 1 N–H and O–H groups in total. The second-order valence-electron chi connectivity index (χ2n) is 5.21. The van der Waals surface area contributed by atoms with E-state index in [2.05, 4.69) is 0 Å². The van der Waals surface area contributed by atoms with E-state index in [1.807, 2.05) is 0 Å². The zero-order valence-electron chi connectivity index (χ0n) is 9.68. The van der Waals surface area contributed by atoms with Crippen LogP contribution in [0.2, 0.25) is 0 Å². The molecule has 16 heavy (non-hydrogen) atoms. The highest BCUT2D eigenvalue weighted by Crippen LogP contribution is 2.52. The molecule has 90 valence electrons. The van der Waals surface area contributed by atoms with Crippen LogP contribution in [0, 0.1) is 23.7 Å². The van der Waals surface area contributed by atoms with Crippen molar-refractivity contribution >= 4 is 11.9 Å². The molecule has 0 radical (unpaired) electrons. The summed E-state index contributed by atoms with van der Waals surface area (Å²) in [5.41, 5.74) is 0. The molecule has 0 aromatic heterocycles. The summed E-state index contributed by atoms with van der Waals surface area (Å²) < 4.78 is 5.16. The number of fused-ring (bicyclic) bond motifs is 2. The number of esters is 1. The Morgan fingerprint density at radius 2 is 1.75 bits per heavy atom. The van der Waals surface area contributed by atoms with Gasteiger partial charge in [-0.05, 0) is 44.9 Å². The van der Waals surface area contributed by atoms with Gasteiger partial charge in [-0.3, -0.25) is 9.59 Å². The van der Waals surface area contributed by atoms with Crippen molar-refractivity contribution in [3.8, 4) is 0 Å². The van der Waals surface area contributed by atoms with Gasteiger partial charge in [-0.1, -0.05) is 0 Å². The monoisotopic (exact) mass is 226 g/mol. The van der Waals surface area contributed by atoms with Gasteiger partial charge in [0.05, 0.1) is 17.9 Å². The summed E-state index contributed by atoms with van der Waals surface area (Å²) >= 11 is 0. The average Bonchev–Trinajstić information content (AvgIpc) is 2.74. The zero-order valence-corrected chi connectivity index (χ0v) is 9.68. The third kappa shape index (κ3) is 1.81. The summed E-state index contributed by atoms with van der Waals surface area (Å²) in [7, 11) is 0. The molecule has 0 spiro atoms. The van der Waals surface area contributed by atoms with E-state index < -0.39 is 17.8 Å². The fourth-order valence-electron chi connectivity index (χ4n) is 3.30. The molecule has 0 aromatic rings. The van der Waals surface area contributed by atoms with Crippen LogP contribution in [-0.4, -0.2) is 23.1 Å². The molecular weight excluding hydrogens is 208 g/mol. The Morgan fingerprint density at radius 1 is 1.19 bits per heavy atom. The number of carboxylic acid groups (broad SMARTS) is 1. The van der Waals surface area contributed by atoms with E-state index in [1.165, 1.54) is 0 Å². The second kappa shape index (κ2) is 4.07. The van der Waals surface area contributed by atoms with E-state index in [0.717, 1.165) is 19.3 Å². The molecule has 0 aromatic carbocycles. The maximum absolute atomic E-state index is 11.9. The van der Waals surface area contributed by atoms with Crippen molar-refractivity contribution in [2.24, 2.45) is 23.7 Å². The number of aliphatic carboxylic acids is 1. The number of rotatable bonds is 3. The molecule has 2 fully saturated rings. The van der Waals surface area contributed by atoms with E-state index >= 15 is 0 Å². The Balaban J connectivity index is 2.12. The lowest BCUT2D eigenvalue weighted by Gasteiger charge is -2.26. The smallest absolute Gasteiger partial charge is 0.310 e. The van der Waals surface area contributed by atoms with E-state index in [0.29, 0.717) is 0 Å². The SMILES string of the molecule is CC(C)OC(=O)C1C2CCC(C2)C1C(=O)O. The van der Waals surface area contributed by atoms with E-state index in [1.54, 1.807) is 13.8 Å². The number of hydrogen-bond acceptors (Lipinski definition) is 3. The van der Waals surface area contributed by atoms with Crippen molar-refractivity contribution in [3.63, 3.8) is 0 Å². The molecule has 4 heteroatoms. The van der Waals surface area contributed by atoms with Crippen LogP contribution in [0.25, 0.3) is 0 Å². The van der Waals surface area contributed by atoms with Crippen molar-refractivity contribution in [2.75, 3.05) is 0 Å². The molecule has 0 heterocycles. The summed E-state index contributed by atoms with van der Waals surface area (Å²) in [6.07, 6.45) is 2.65. The maximum atomic E-state index is 11.9. The molecule has 2 aliphatic rings. The predicted octanol–water partition coefficient (Wildman–Crippen LogP) is 1.68. The van der Waals surface area contributed by atoms with Gasteiger partial charge in [-0.15, -0.1) is 0 Å². The summed E-state index contributed by atoms with van der Waals surface area (Å²) in [6.45, 7) is 3.59. The molecule has 4 nitrogen and oxygen atoms in total. The minimum atomic E-state index is -0.835. The van der Waals surface area contributed by atoms with Gasteiger partial charge in [-0.2, -0.15) is 0 Å². The molecule has 2 saturated carbocycles. The topological polar surface area (TPSA) is 63.6 Å². The van der Waals surface area contributed by atoms with E-state index in [4.69, 9.17) is 4.74 Å². The fourth-order valence-corrected chi connectivity index (χ4v) is 3.30. The van der Waals surface area contributed by atoms with Gasteiger partial charge in [0.25, 0.3) is 0 Å². The minimum absolute atomic E-state index is 0.166. The Kier molecular flexibility index (Phi) is 2.91. The molecule has 0 aliphatic heterocycles. The van der Waals surface area contributed by atoms with Crippen molar-refractivity contribution in [1.29, 1.82) is 0 Å². The highest BCUT2D eigenvalue weighted by Gasteiger charge is 2.54. The molecule has 4 unspecified atom stereocenters. The minimum Gasteiger partial charge on any atom is -0.481 e. The van der Waals surface area contributed by atoms with Crippen LogP contribution in [0.4, 0.5) is 0 Å². The number of ether oxygens (including phenoxy) is 1. The number of carbonyl (C=O) groups is 2. The van der Waals surface area contributed by atoms with Crippen LogP contribution in [-0.2, 0) is 14.3 Å². The standard InChI is InChI=1S/C12H18O4/c1-6(2)16-12(15)10-8-4-3-7(5-8)9(10)11(13)14/h6-10H,3-5H2,1-2H3,(H,13,14). The predicted molar refractivity (Wildman–Crippen MR) is 56.7 cm³/mol. The largest absolute Gasteiger partial charge is 0.481 e. The summed E-state index contributed by atoms with van der Waals surface area (Å²) in [5.74, 6) is -1.64. The Morgan fingerprint density at radius 3 is 2.25 bits per heavy atom. The van der Waals surface area contributed by atoms with E-state index in [-0.39, 0.29) is 23.9 Å². The molecule has 2 rings (SSSR count). The molecule has 0 saturated heterocycles. The fraction of sp³-hybridized carbons (Fsp3) is 0.833.